The molecule has 1 aromatic rings. The third kappa shape index (κ3) is 6.04. The van der Waals surface area contributed by atoms with E-state index in [1.54, 1.807) is 12.1 Å². The molecule has 2 fully saturated rings. The Morgan fingerprint density at radius 3 is 2.14 bits per heavy atom. The molecule has 2 aliphatic heterocycles. The first kappa shape index (κ1) is 27.7. The Balaban J connectivity index is 1.73. The monoisotopic (exact) mass is 509 g/mol. The number of rotatable bonds is 6. The van der Waals surface area contributed by atoms with Crippen molar-refractivity contribution in [2.75, 3.05) is 13.1 Å². The van der Waals surface area contributed by atoms with Crippen molar-refractivity contribution in [2.24, 2.45) is 22.2 Å². The molecule has 37 heavy (non-hydrogen) atoms. The molecule has 6 nitrogen and oxygen atoms in total. The number of aromatic carboxylic acids is 1. The summed E-state index contributed by atoms with van der Waals surface area (Å²) in [6, 6.07) is 7.08. The minimum absolute atomic E-state index is 0.0761. The maximum absolute atomic E-state index is 14.4. The molecule has 2 heterocycles. The highest BCUT2D eigenvalue weighted by Gasteiger charge is 2.53. The van der Waals surface area contributed by atoms with Crippen molar-refractivity contribution in [3.05, 3.63) is 35.4 Å². The number of carbonyl (C=O) groups is 2. The topological polar surface area (TPSA) is 73.2 Å². The Morgan fingerprint density at radius 1 is 1.03 bits per heavy atom. The average Bonchev–Trinajstić information content (AvgIpc) is 3.01. The van der Waals surface area contributed by atoms with Gasteiger partial charge in [0.05, 0.1) is 11.6 Å². The zero-order chi connectivity index (χ0) is 26.8. The average molecular weight is 510 g/mol. The molecule has 1 amide bonds. The number of hydrogen-bond acceptors (Lipinski definition) is 4. The minimum atomic E-state index is -0.925. The molecule has 1 saturated heterocycles. The molecule has 0 bridgehead atoms. The third-order valence-electron chi connectivity index (χ3n) is 8.96. The van der Waals surface area contributed by atoms with E-state index in [1.807, 2.05) is 12.1 Å². The van der Waals surface area contributed by atoms with Gasteiger partial charge >= 0.3 is 5.97 Å². The molecule has 1 aromatic carbocycles. The summed E-state index contributed by atoms with van der Waals surface area (Å²) in [5.74, 6) is 0.958. The van der Waals surface area contributed by atoms with Crippen molar-refractivity contribution in [1.82, 2.24) is 9.80 Å². The van der Waals surface area contributed by atoms with Crippen LogP contribution in [0.15, 0.2) is 29.3 Å². The zero-order valence-electron chi connectivity index (χ0n) is 23.6. The molecule has 6 heteroatoms. The van der Waals surface area contributed by atoms with Crippen LogP contribution in [0.3, 0.4) is 0 Å². The lowest BCUT2D eigenvalue weighted by Gasteiger charge is -2.47. The SMILES string of the molecule is CC(C)CC[C@H](c1ccc(C(=O)O)cc1)N1C(=O)C(N2CCCCCC2)=NC12CCC(C(C)(C)C)CC2. The molecule has 1 atom stereocenters. The molecule has 1 aliphatic carbocycles. The van der Waals surface area contributed by atoms with Crippen molar-refractivity contribution in [1.29, 1.82) is 0 Å². The van der Waals surface area contributed by atoms with Crippen molar-refractivity contribution in [2.45, 2.75) is 111 Å². The predicted molar refractivity (Wildman–Crippen MR) is 149 cm³/mol. The van der Waals surface area contributed by atoms with Gasteiger partial charge in [0.1, 0.15) is 5.66 Å². The summed E-state index contributed by atoms with van der Waals surface area (Å²) < 4.78 is 0. The van der Waals surface area contributed by atoms with Gasteiger partial charge in [0.25, 0.3) is 5.91 Å². The van der Waals surface area contributed by atoms with E-state index in [0.29, 0.717) is 17.7 Å². The van der Waals surface area contributed by atoms with Crippen LogP contribution in [0.2, 0.25) is 0 Å². The second-order valence-corrected chi connectivity index (χ2v) is 13.0. The molecule has 204 valence electrons. The second kappa shape index (κ2) is 11.2. The molecule has 4 rings (SSSR count). The smallest absolute Gasteiger partial charge is 0.335 e. The molecule has 1 spiro atoms. The summed E-state index contributed by atoms with van der Waals surface area (Å²) in [6.45, 7) is 13.2. The van der Waals surface area contributed by atoms with Crippen LogP contribution < -0.4 is 0 Å². The number of nitrogens with zero attached hydrogens (tertiary/aromatic N) is 3. The van der Waals surface area contributed by atoms with Crippen LogP contribution in [0.25, 0.3) is 0 Å². The van der Waals surface area contributed by atoms with Gasteiger partial charge in [0, 0.05) is 13.1 Å². The third-order valence-corrected chi connectivity index (χ3v) is 8.96. The quantitative estimate of drug-likeness (QED) is 0.452. The Kier molecular flexibility index (Phi) is 8.35. The van der Waals surface area contributed by atoms with Crippen LogP contribution in [-0.4, -0.2) is 51.4 Å². The van der Waals surface area contributed by atoms with Crippen LogP contribution in [0.4, 0.5) is 0 Å². The summed E-state index contributed by atoms with van der Waals surface area (Å²) in [5, 5.41) is 9.45. The number of amidine groups is 1. The van der Waals surface area contributed by atoms with E-state index < -0.39 is 11.6 Å². The van der Waals surface area contributed by atoms with Crippen LogP contribution in [0.5, 0.6) is 0 Å². The van der Waals surface area contributed by atoms with Crippen LogP contribution >= 0.6 is 0 Å². The first-order valence-electron chi connectivity index (χ1n) is 14.5. The molecule has 0 aromatic heterocycles. The van der Waals surface area contributed by atoms with Gasteiger partial charge in [-0.25, -0.2) is 9.79 Å². The number of aliphatic imine (C=N–C) groups is 1. The van der Waals surface area contributed by atoms with Gasteiger partial charge < -0.3 is 14.9 Å². The molecule has 1 saturated carbocycles. The number of benzene rings is 1. The van der Waals surface area contributed by atoms with Gasteiger partial charge in [-0.2, -0.15) is 0 Å². The molecular weight excluding hydrogens is 462 g/mol. The summed E-state index contributed by atoms with van der Waals surface area (Å²) in [5.41, 5.74) is 1.04. The molecular formula is C31H47N3O3. The predicted octanol–water partition coefficient (Wildman–Crippen LogP) is 6.91. The second-order valence-electron chi connectivity index (χ2n) is 13.0. The fourth-order valence-electron chi connectivity index (χ4n) is 6.60. The van der Waals surface area contributed by atoms with E-state index >= 15 is 0 Å². The standard InChI is InChI=1S/C31H47N3O3/c1-22(2)10-15-26(23-11-13-24(14-12-23)29(36)37)34-28(35)27(33-20-8-6-7-9-21-33)32-31(34)18-16-25(17-19-31)30(3,4)5/h11-14,22,25-26H,6-10,15-21H2,1-5H3,(H,36,37)/t25?,26-,31?/m1/s1. The van der Waals surface area contributed by atoms with Crippen LogP contribution in [-0.2, 0) is 4.79 Å². The number of carboxylic acid groups (broad SMARTS) is 1. The minimum Gasteiger partial charge on any atom is -0.478 e. The van der Waals surface area contributed by atoms with E-state index in [4.69, 9.17) is 4.99 Å². The van der Waals surface area contributed by atoms with Crippen molar-refractivity contribution in [3.63, 3.8) is 0 Å². The number of carboxylic acids is 1. The number of hydrogen-bond donors (Lipinski definition) is 1. The highest BCUT2D eigenvalue weighted by Crippen LogP contribution is 2.49. The summed E-state index contributed by atoms with van der Waals surface area (Å²) in [6.07, 6.45) is 10.4. The summed E-state index contributed by atoms with van der Waals surface area (Å²) in [4.78, 5) is 35.7. The van der Waals surface area contributed by atoms with E-state index in [-0.39, 0.29) is 22.9 Å². The Labute approximate surface area is 223 Å². The van der Waals surface area contributed by atoms with E-state index in [9.17, 15) is 14.7 Å². The zero-order valence-corrected chi connectivity index (χ0v) is 23.6. The van der Waals surface area contributed by atoms with Gasteiger partial charge in [-0.1, -0.05) is 59.6 Å². The Hall–Kier alpha value is -2.37. The maximum atomic E-state index is 14.4. The summed E-state index contributed by atoms with van der Waals surface area (Å²) in [7, 11) is 0. The van der Waals surface area contributed by atoms with Crippen molar-refractivity contribution >= 4 is 17.7 Å². The number of likely N-dealkylation sites (tertiary alicyclic amines) is 1. The van der Waals surface area contributed by atoms with E-state index in [2.05, 4.69) is 44.4 Å². The normalized spacial score (nSPS) is 25.9. The fourth-order valence-corrected chi connectivity index (χ4v) is 6.60. The largest absolute Gasteiger partial charge is 0.478 e. The van der Waals surface area contributed by atoms with Crippen LogP contribution in [0, 0.1) is 17.3 Å². The fraction of sp³-hybridized carbons (Fsp3) is 0.710. The molecule has 3 aliphatic rings. The number of carbonyl (C=O) groups excluding carboxylic acids is 1. The highest BCUT2D eigenvalue weighted by molar-refractivity contribution is 6.39. The van der Waals surface area contributed by atoms with Crippen molar-refractivity contribution < 1.29 is 14.7 Å². The van der Waals surface area contributed by atoms with Gasteiger partial charge in [-0.3, -0.25) is 4.79 Å². The molecule has 1 N–H and O–H groups in total. The molecule has 0 radical (unpaired) electrons. The lowest BCUT2D eigenvalue weighted by atomic mass is 9.69. The van der Waals surface area contributed by atoms with Crippen molar-refractivity contribution in [3.8, 4) is 0 Å². The van der Waals surface area contributed by atoms with E-state index in [0.717, 1.165) is 70.0 Å². The Bertz CT molecular complexity index is 976. The highest BCUT2D eigenvalue weighted by atomic mass is 16.4. The van der Waals surface area contributed by atoms with E-state index in [1.165, 1.54) is 12.8 Å². The van der Waals surface area contributed by atoms with Crippen LogP contribution in [0.1, 0.15) is 121 Å². The first-order valence-corrected chi connectivity index (χ1v) is 14.5. The first-order chi connectivity index (χ1) is 17.5. The van der Waals surface area contributed by atoms with Gasteiger partial charge in [-0.15, -0.1) is 0 Å². The molecule has 0 unspecified atom stereocenters. The maximum Gasteiger partial charge on any atom is 0.335 e. The van der Waals surface area contributed by atoms with Gasteiger partial charge in [0.15, 0.2) is 5.84 Å². The van der Waals surface area contributed by atoms with Gasteiger partial charge in [0.2, 0.25) is 0 Å². The van der Waals surface area contributed by atoms with Gasteiger partial charge in [-0.05, 0) is 86.3 Å². The Morgan fingerprint density at radius 2 is 1.62 bits per heavy atom. The lowest BCUT2D eigenvalue weighted by molar-refractivity contribution is -0.134. The lowest BCUT2D eigenvalue weighted by Crippen LogP contribution is -2.52. The number of amides is 1. The summed E-state index contributed by atoms with van der Waals surface area (Å²) >= 11 is 0.